The summed E-state index contributed by atoms with van der Waals surface area (Å²) in [5.41, 5.74) is 1.93. The summed E-state index contributed by atoms with van der Waals surface area (Å²) in [7, 11) is 0. The van der Waals surface area contributed by atoms with Gasteiger partial charge in [0.1, 0.15) is 5.52 Å². The third-order valence-electron chi connectivity index (χ3n) is 1.57. The molecule has 70 valence electrons. The summed E-state index contributed by atoms with van der Waals surface area (Å²) in [6.45, 7) is 5.95. The molecule has 0 aliphatic heterocycles. The molecule has 13 heavy (non-hydrogen) atoms. The lowest BCUT2D eigenvalue weighted by Gasteiger charge is -1.93. The van der Waals surface area contributed by atoms with Gasteiger partial charge < -0.3 is 0 Å². The molecule has 0 fully saturated rings. The Balaban J connectivity index is 0.000000396. The van der Waals surface area contributed by atoms with Gasteiger partial charge in [0.15, 0.2) is 5.15 Å². The summed E-state index contributed by atoms with van der Waals surface area (Å²) in [5, 5.41) is 4.57. The largest absolute Gasteiger partial charge is 0.241 e. The summed E-state index contributed by atoms with van der Waals surface area (Å²) >= 11 is 5.83. The maximum atomic E-state index is 5.83. The van der Waals surface area contributed by atoms with Crippen LogP contribution in [-0.2, 0) is 0 Å². The van der Waals surface area contributed by atoms with Crippen molar-refractivity contribution in [1.29, 1.82) is 0 Å². The van der Waals surface area contributed by atoms with Crippen molar-refractivity contribution in [3.63, 3.8) is 0 Å². The fourth-order valence-corrected chi connectivity index (χ4v) is 1.33. The monoisotopic (exact) mass is 197 g/mol. The Morgan fingerprint density at radius 1 is 1.38 bits per heavy atom. The van der Waals surface area contributed by atoms with Crippen molar-refractivity contribution in [2.75, 3.05) is 0 Å². The van der Waals surface area contributed by atoms with E-state index in [0.717, 1.165) is 11.1 Å². The Hall–Kier alpha value is -1.09. The smallest absolute Gasteiger partial charge is 0.155 e. The highest BCUT2D eigenvalue weighted by atomic mass is 35.5. The van der Waals surface area contributed by atoms with Gasteiger partial charge >= 0.3 is 0 Å². The number of halogens is 1. The van der Waals surface area contributed by atoms with E-state index in [1.165, 1.54) is 0 Å². The molecule has 0 radical (unpaired) electrons. The highest BCUT2D eigenvalue weighted by Gasteiger charge is 2.02. The van der Waals surface area contributed by atoms with Crippen molar-refractivity contribution in [3.8, 4) is 0 Å². The molecule has 2 aromatic heterocycles. The number of aryl methyl sites for hydroxylation is 1. The molecule has 4 heteroatoms. The molecule has 0 saturated carbocycles. The first kappa shape index (κ1) is 9.99. The van der Waals surface area contributed by atoms with Crippen molar-refractivity contribution in [1.82, 2.24) is 14.6 Å². The van der Waals surface area contributed by atoms with Crippen LogP contribution in [0.5, 0.6) is 0 Å². The van der Waals surface area contributed by atoms with Gasteiger partial charge in [-0.3, -0.25) is 0 Å². The van der Waals surface area contributed by atoms with Gasteiger partial charge in [0.25, 0.3) is 0 Å². The average Bonchev–Trinajstić information content (AvgIpc) is 2.53. The zero-order valence-corrected chi connectivity index (χ0v) is 8.71. The molecule has 2 heterocycles. The SMILES string of the molecule is CC.Cc1cnn2ccnc(Cl)c12. The predicted octanol–water partition coefficient (Wildman–Crippen LogP) is 2.72. The van der Waals surface area contributed by atoms with Crippen LogP contribution in [0.4, 0.5) is 0 Å². The van der Waals surface area contributed by atoms with Gasteiger partial charge in [-0.15, -0.1) is 0 Å². The van der Waals surface area contributed by atoms with Crippen LogP contribution in [-0.4, -0.2) is 14.6 Å². The van der Waals surface area contributed by atoms with E-state index in [1.54, 1.807) is 23.1 Å². The van der Waals surface area contributed by atoms with Gasteiger partial charge in [0.2, 0.25) is 0 Å². The van der Waals surface area contributed by atoms with E-state index in [9.17, 15) is 0 Å². The first-order valence-corrected chi connectivity index (χ1v) is 4.61. The predicted molar refractivity (Wildman–Crippen MR) is 54.1 cm³/mol. The van der Waals surface area contributed by atoms with Crippen LogP contribution in [0.15, 0.2) is 18.6 Å². The number of rotatable bonds is 0. The molecule has 0 saturated heterocycles. The lowest BCUT2D eigenvalue weighted by molar-refractivity contribution is 0.946. The number of hydrogen-bond acceptors (Lipinski definition) is 2. The van der Waals surface area contributed by atoms with Crippen molar-refractivity contribution in [2.24, 2.45) is 0 Å². The van der Waals surface area contributed by atoms with Crippen molar-refractivity contribution in [2.45, 2.75) is 20.8 Å². The Labute approximate surface area is 82.4 Å². The van der Waals surface area contributed by atoms with Gasteiger partial charge in [-0.2, -0.15) is 5.10 Å². The molecule has 0 spiro atoms. The van der Waals surface area contributed by atoms with E-state index >= 15 is 0 Å². The summed E-state index contributed by atoms with van der Waals surface area (Å²) in [6, 6.07) is 0. The molecule has 2 aromatic rings. The molecule has 0 unspecified atom stereocenters. The van der Waals surface area contributed by atoms with Crippen LogP contribution in [0.25, 0.3) is 5.52 Å². The second-order valence-electron chi connectivity index (χ2n) is 2.34. The Morgan fingerprint density at radius 3 is 2.69 bits per heavy atom. The summed E-state index contributed by atoms with van der Waals surface area (Å²) < 4.78 is 1.71. The Kier molecular flexibility index (Phi) is 3.25. The van der Waals surface area contributed by atoms with Crippen molar-refractivity contribution < 1.29 is 0 Å². The molecule has 0 aliphatic carbocycles. The van der Waals surface area contributed by atoms with Crippen LogP contribution in [0.2, 0.25) is 5.15 Å². The van der Waals surface area contributed by atoms with Crippen LogP contribution >= 0.6 is 11.6 Å². The lowest BCUT2D eigenvalue weighted by atomic mass is 10.3. The van der Waals surface area contributed by atoms with E-state index in [0.29, 0.717) is 5.15 Å². The zero-order chi connectivity index (χ0) is 9.84. The van der Waals surface area contributed by atoms with Crippen LogP contribution < -0.4 is 0 Å². The zero-order valence-electron chi connectivity index (χ0n) is 7.95. The number of aromatic nitrogens is 3. The highest BCUT2D eigenvalue weighted by Crippen LogP contribution is 2.16. The first-order chi connectivity index (χ1) is 6.29. The third kappa shape index (κ3) is 1.80. The molecular formula is C9H12ClN3. The van der Waals surface area contributed by atoms with Crippen LogP contribution in [0.3, 0.4) is 0 Å². The number of fused-ring (bicyclic) bond motifs is 1. The Bertz CT molecular complexity index is 395. The van der Waals surface area contributed by atoms with E-state index in [1.807, 2.05) is 20.8 Å². The fraction of sp³-hybridized carbons (Fsp3) is 0.333. The molecule has 2 rings (SSSR count). The molecule has 0 amide bonds. The van der Waals surface area contributed by atoms with Crippen molar-refractivity contribution >= 4 is 17.1 Å². The molecule has 0 N–H and O–H groups in total. The topological polar surface area (TPSA) is 30.2 Å². The molecule has 3 nitrogen and oxygen atoms in total. The first-order valence-electron chi connectivity index (χ1n) is 4.23. The van der Waals surface area contributed by atoms with Crippen LogP contribution in [0, 0.1) is 6.92 Å². The van der Waals surface area contributed by atoms with E-state index < -0.39 is 0 Å². The van der Waals surface area contributed by atoms with E-state index in [-0.39, 0.29) is 0 Å². The standard InChI is InChI=1S/C7H6ClN3.C2H6/c1-5-4-10-11-3-2-9-7(8)6(5)11;1-2/h2-4H,1H3;1-2H3. The van der Waals surface area contributed by atoms with Gasteiger partial charge in [0.05, 0.1) is 6.20 Å². The molecule has 0 bridgehead atoms. The van der Waals surface area contributed by atoms with Crippen LogP contribution in [0.1, 0.15) is 19.4 Å². The van der Waals surface area contributed by atoms with Gasteiger partial charge in [-0.1, -0.05) is 25.4 Å². The van der Waals surface area contributed by atoms with E-state index in [2.05, 4.69) is 10.1 Å². The van der Waals surface area contributed by atoms with Gasteiger partial charge in [0, 0.05) is 12.4 Å². The fourth-order valence-electron chi connectivity index (χ4n) is 1.04. The summed E-state index contributed by atoms with van der Waals surface area (Å²) in [4.78, 5) is 3.94. The second kappa shape index (κ2) is 4.23. The normalized spacial score (nSPS) is 9.54. The summed E-state index contributed by atoms with van der Waals surface area (Å²) in [6.07, 6.45) is 5.17. The molecule has 0 aromatic carbocycles. The van der Waals surface area contributed by atoms with Crippen molar-refractivity contribution in [3.05, 3.63) is 29.3 Å². The molecule has 0 atom stereocenters. The van der Waals surface area contributed by atoms with Gasteiger partial charge in [-0.25, -0.2) is 9.50 Å². The van der Waals surface area contributed by atoms with E-state index in [4.69, 9.17) is 11.6 Å². The Morgan fingerprint density at radius 2 is 2.08 bits per heavy atom. The third-order valence-corrected chi connectivity index (χ3v) is 1.85. The maximum absolute atomic E-state index is 5.83. The minimum Gasteiger partial charge on any atom is -0.241 e. The summed E-state index contributed by atoms with van der Waals surface area (Å²) in [5.74, 6) is 0. The second-order valence-corrected chi connectivity index (χ2v) is 2.70. The highest BCUT2D eigenvalue weighted by molar-refractivity contribution is 6.32. The quantitative estimate of drug-likeness (QED) is 0.650. The number of hydrogen-bond donors (Lipinski definition) is 0. The minimum absolute atomic E-state index is 0.502. The lowest BCUT2D eigenvalue weighted by Crippen LogP contribution is -1.88. The minimum atomic E-state index is 0.502. The molecular weight excluding hydrogens is 186 g/mol. The molecule has 0 aliphatic rings. The maximum Gasteiger partial charge on any atom is 0.155 e. The number of nitrogens with zero attached hydrogens (tertiary/aromatic N) is 3. The average molecular weight is 198 g/mol. The van der Waals surface area contributed by atoms with Gasteiger partial charge in [-0.05, 0) is 12.5 Å².